The van der Waals surface area contributed by atoms with Crippen molar-refractivity contribution in [1.29, 1.82) is 0 Å². The maximum absolute atomic E-state index is 12.8. The van der Waals surface area contributed by atoms with Crippen LogP contribution >= 0.6 is 0 Å². The summed E-state index contributed by atoms with van der Waals surface area (Å²) in [4.78, 5) is 2.41. The van der Waals surface area contributed by atoms with E-state index in [1.54, 1.807) is 6.07 Å². The summed E-state index contributed by atoms with van der Waals surface area (Å²) >= 11 is 0. The zero-order chi connectivity index (χ0) is 17.0. The Hall–Kier alpha value is -1.11. The van der Waals surface area contributed by atoms with Gasteiger partial charge in [-0.05, 0) is 49.9 Å². The molecule has 3 nitrogen and oxygen atoms in total. The van der Waals surface area contributed by atoms with E-state index in [-0.39, 0.29) is 6.10 Å². The number of halogens is 3. The smallest absolute Gasteiger partial charge is 0.375 e. The number of nitrogens with one attached hydrogen (secondary N) is 1. The SMILES string of the molecule is FC(F)(F)c1cccc(C[C@@H]2CN(CC3CCNCC3)CCO2)c1. The van der Waals surface area contributed by atoms with Gasteiger partial charge in [0.2, 0.25) is 0 Å². The second kappa shape index (κ2) is 7.85. The molecule has 0 saturated carbocycles. The molecule has 0 aliphatic carbocycles. The maximum Gasteiger partial charge on any atom is 0.416 e. The molecular weight excluding hydrogens is 317 g/mol. The second-order valence-electron chi connectivity index (χ2n) is 6.85. The number of benzene rings is 1. The molecule has 3 rings (SSSR count). The van der Waals surface area contributed by atoms with Crippen molar-refractivity contribution in [2.75, 3.05) is 39.3 Å². The molecule has 2 heterocycles. The maximum atomic E-state index is 12.8. The lowest BCUT2D eigenvalue weighted by Gasteiger charge is -2.36. The van der Waals surface area contributed by atoms with Crippen molar-refractivity contribution in [2.24, 2.45) is 5.92 Å². The number of hydrogen-bond acceptors (Lipinski definition) is 3. The molecule has 1 N–H and O–H groups in total. The molecule has 1 aromatic carbocycles. The van der Waals surface area contributed by atoms with Crippen molar-refractivity contribution >= 4 is 0 Å². The van der Waals surface area contributed by atoms with E-state index >= 15 is 0 Å². The normalized spacial score (nSPS) is 24.2. The Balaban J connectivity index is 1.55. The average molecular weight is 342 g/mol. The molecule has 24 heavy (non-hydrogen) atoms. The average Bonchev–Trinajstić information content (AvgIpc) is 2.56. The van der Waals surface area contributed by atoms with Crippen molar-refractivity contribution in [2.45, 2.75) is 31.5 Å². The van der Waals surface area contributed by atoms with Crippen molar-refractivity contribution in [3.63, 3.8) is 0 Å². The lowest BCUT2D eigenvalue weighted by molar-refractivity contribution is -0.137. The quantitative estimate of drug-likeness (QED) is 0.911. The molecule has 2 aliphatic heterocycles. The van der Waals surface area contributed by atoms with E-state index in [1.165, 1.54) is 25.0 Å². The number of morpholine rings is 1. The van der Waals surface area contributed by atoms with Gasteiger partial charge >= 0.3 is 6.18 Å². The number of hydrogen-bond donors (Lipinski definition) is 1. The molecule has 0 radical (unpaired) electrons. The zero-order valence-electron chi connectivity index (χ0n) is 13.8. The fraction of sp³-hybridized carbons (Fsp3) is 0.667. The molecule has 0 amide bonds. The van der Waals surface area contributed by atoms with E-state index in [9.17, 15) is 13.2 Å². The van der Waals surface area contributed by atoms with Gasteiger partial charge in [0.05, 0.1) is 18.3 Å². The van der Waals surface area contributed by atoms with Crippen LogP contribution < -0.4 is 5.32 Å². The summed E-state index contributed by atoms with van der Waals surface area (Å²) in [5.41, 5.74) is 0.112. The highest BCUT2D eigenvalue weighted by molar-refractivity contribution is 5.26. The third kappa shape index (κ3) is 4.94. The minimum Gasteiger partial charge on any atom is -0.375 e. The predicted octanol–water partition coefficient (Wildman–Crippen LogP) is 2.95. The summed E-state index contributed by atoms with van der Waals surface area (Å²) in [7, 11) is 0. The summed E-state index contributed by atoms with van der Waals surface area (Å²) in [5, 5.41) is 3.38. The number of piperidine rings is 1. The van der Waals surface area contributed by atoms with Crippen LogP contribution in [0, 0.1) is 5.92 Å². The first kappa shape index (κ1) is 17.7. The van der Waals surface area contributed by atoms with Crippen LogP contribution in [-0.2, 0) is 17.3 Å². The summed E-state index contributed by atoms with van der Waals surface area (Å²) < 4.78 is 44.3. The third-order valence-corrected chi connectivity index (χ3v) is 4.92. The van der Waals surface area contributed by atoms with Crippen molar-refractivity contribution in [3.8, 4) is 0 Å². The summed E-state index contributed by atoms with van der Waals surface area (Å²) in [6.07, 6.45) is -1.37. The van der Waals surface area contributed by atoms with E-state index in [0.29, 0.717) is 18.6 Å². The van der Waals surface area contributed by atoms with Crippen LogP contribution in [0.4, 0.5) is 13.2 Å². The van der Waals surface area contributed by atoms with Crippen molar-refractivity contribution in [1.82, 2.24) is 10.2 Å². The first-order valence-electron chi connectivity index (χ1n) is 8.71. The van der Waals surface area contributed by atoms with E-state index < -0.39 is 11.7 Å². The first-order chi connectivity index (χ1) is 11.5. The number of nitrogens with zero attached hydrogens (tertiary/aromatic N) is 1. The molecule has 6 heteroatoms. The summed E-state index contributed by atoms with van der Waals surface area (Å²) in [5.74, 6) is 0.721. The molecule has 2 aliphatic rings. The lowest BCUT2D eigenvalue weighted by Crippen LogP contribution is -2.46. The number of alkyl halides is 3. The van der Waals surface area contributed by atoms with Gasteiger partial charge in [0, 0.05) is 19.6 Å². The topological polar surface area (TPSA) is 24.5 Å². The monoisotopic (exact) mass is 342 g/mol. The minimum absolute atomic E-state index is 0.0241. The Morgan fingerprint density at radius 1 is 1.21 bits per heavy atom. The van der Waals surface area contributed by atoms with Crippen LogP contribution in [-0.4, -0.2) is 50.3 Å². The lowest BCUT2D eigenvalue weighted by atomic mass is 9.97. The van der Waals surface area contributed by atoms with Gasteiger partial charge in [0.15, 0.2) is 0 Å². The van der Waals surface area contributed by atoms with E-state index in [2.05, 4.69) is 10.2 Å². The molecule has 0 bridgehead atoms. The molecule has 0 unspecified atom stereocenters. The Bertz CT molecular complexity index is 529. The zero-order valence-corrected chi connectivity index (χ0v) is 13.8. The van der Waals surface area contributed by atoms with E-state index in [1.807, 2.05) is 0 Å². The first-order valence-corrected chi connectivity index (χ1v) is 8.71. The van der Waals surface area contributed by atoms with Gasteiger partial charge in [-0.2, -0.15) is 13.2 Å². The molecule has 1 aromatic rings. The van der Waals surface area contributed by atoms with Gasteiger partial charge in [-0.25, -0.2) is 0 Å². The van der Waals surface area contributed by atoms with E-state index in [0.717, 1.165) is 44.7 Å². The summed E-state index contributed by atoms with van der Waals surface area (Å²) in [6.45, 7) is 5.63. The molecule has 1 atom stereocenters. The highest BCUT2D eigenvalue weighted by Gasteiger charge is 2.31. The molecule has 134 valence electrons. The van der Waals surface area contributed by atoms with Gasteiger partial charge < -0.3 is 10.1 Å². The minimum atomic E-state index is -4.29. The molecule has 0 spiro atoms. The Morgan fingerprint density at radius 3 is 2.75 bits per heavy atom. The highest BCUT2D eigenvalue weighted by Crippen LogP contribution is 2.30. The molecule has 2 saturated heterocycles. The van der Waals surface area contributed by atoms with Crippen LogP contribution in [0.1, 0.15) is 24.0 Å². The summed E-state index contributed by atoms with van der Waals surface area (Å²) in [6, 6.07) is 5.60. The fourth-order valence-corrected chi connectivity index (χ4v) is 3.64. The molecule has 2 fully saturated rings. The fourth-order valence-electron chi connectivity index (χ4n) is 3.64. The standard InChI is InChI=1S/C18H25F3N2O/c19-18(20,21)16-3-1-2-15(10-16)11-17-13-23(8-9-24-17)12-14-4-6-22-7-5-14/h1-3,10,14,17,22H,4-9,11-13H2/t17-/m1/s1. The van der Waals surface area contributed by atoms with Gasteiger partial charge in [-0.15, -0.1) is 0 Å². The number of ether oxygens (including phenoxy) is 1. The molecular formula is C18H25F3N2O. The van der Waals surface area contributed by atoms with Crippen LogP contribution in [0.25, 0.3) is 0 Å². The predicted molar refractivity (Wildman–Crippen MR) is 86.9 cm³/mol. The Labute approximate surface area is 141 Å². The van der Waals surface area contributed by atoms with E-state index in [4.69, 9.17) is 4.74 Å². The Kier molecular flexibility index (Phi) is 5.79. The third-order valence-electron chi connectivity index (χ3n) is 4.92. The van der Waals surface area contributed by atoms with Gasteiger partial charge in [0.1, 0.15) is 0 Å². The van der Waals surface area contributed by atoms with Gasteiger partial charge in [-0.1, -0.05) is 18.2 Å². The largest absolute Gasteiger partial charge is 0.416 e. The highest BCUT2D eigenvalue weighted by atomic mass is 19.4. The number of rotatable bonds is 4. The van der Waals surface area contributed by atoms with Crippen LogP contribution in [0.2, 0.25) is 0 Å². The second-order valence-corrected chi connectivity index (χ2v) is 6.85. The van der Waals surface area contributed by atoms with Gasteiger partial charge in [-0.3, -0.25) is 4.90 Å². The van der Waals surface area contributed by atoms with Crippen molar-refractivity contribution < 1.29 is 17.9 Å². The van der Waals surface area contributed by atoms with Crippen LogP contribution in [0.5, 0.6) is 0 Å². The molecule has 0 aromatic heterocycles. The Morgan fingerprint density at radius 2 is 2.00 bits per heavy atom. The van der Waals surface area contributed by atoms with Crippen molar-refractivity contribution in [3.05, 3.63) is 35.4 Å². The van der Waals surface area contributed by atoms with Crippen LogP contribution in [0.3, 0.4) is 0 Å². The van der Waals surface area contributed by atoms with Crippen LogP contribution in [0.15, 0.2) is 24.3 Å². The van der Waals surface area contributed by atoms with Gasteiger partial charge in [0.25, 0.3) is 0 Å².